The van der Waals surface area contributed by atoms with Crippen LogP contribution in [0.15, 0.2) is 53.1 Å². The van der Waals surface area contributed by atoms with E-state index >= 15 is 0 Å². The molecule has 0 fully saturated rings. The number of hydrogen-bond donors (Lipinski definition) is 3. The molecule has 0 bridgehead atoms. The summed E-state index contributed by atoms with van der Waals surface area (Å²) in [6, 6.07) is 15.4. The van der Waals surface area contributed by atoms with Crippen molar-refractivity contribution in [1.29, 1.82) is 0 Å². The van der Waals surface area contributed by atoms with Crippen molar-refractivity contribution in [2.75, 3.05) is 18.5 Å². The van der Waals surface area contributed by atoms with Gasteiger partial charge in [0, 0.05) is 23.4 Å². The van der Waals surface area contributed by atoms with Gasteiger partial charge in [-0.05, 0) is 31.2 Å². The van der Waals surface area contributed by atoms with Gasteiger partial charge >= 0.3 is 0 Å². The Morgan fingerprint density at radius 3 is 2.71 bits per heavy atom. The summed E-state index contributed by atoms with van der Waals surface area (Å²) in [7, 11) is 0. The van der Waals surface area contributed by atoms with E-state index in [4.69, 9.17) is 9.63 Å². The lowest BCUT2D eigenvalue weighted by Gasteiger charge is -2.10. The van der Waals surface area contributed by atoms with Crippen molar-refractivity contribution < 1.29 is 14.7 Å². The summed E-state index contributed by atoms with van der Waals surface area (Å²) < 4.78 is 5.37. The molecule has 1 unspecified atom stereocenters. The second-order valence-corrected chi connectivity index (χ2v) is 5.59. The predicted molar refractivity (Wildman–Crippen MR) is 91.5 cm³/mol. The quantitative estimate of drug-likeness (QED) is 0.645. The molecule has 0 spiro atoms. The molecule has 1 aromatic heterocycles. The Kier molecular flexibility index (Phi) is 4.88. The molecule has 6 heteroatoms. The first-order valence-corrected chi connectivity index (χ1v) is 7.69. The van der Waals surface area contributed by atoms with E-state index in [1.54, 1.807) is 0 Å². The van der Waals surface area contributed by atoms with Crippen molar-refractivity contribution in [2.24, 2.45) is 0 Å². The summed E-state index contributed by atoms with van der Waals surface area (Å²) in [5.74, 6) is 0.973. The Bertz CT molecular complexity index is 817. The maximum absolute atomic E-state index is 9.40. The minimum Gasteiger partial charge on any atom is -0.394 e. The van der Waals surface area contributed by atoms with Gasteiger partial charge in [-0.2, -0.15) is 4.98 Å². The number of hydrogen-bond acceptors (Lipinski definition) is 6. The highest BCUT2D eigenvalue weighted by molar-refractivity contribution is 5.64. The SMILES string of the molecule is Cc1cccc(-c2noc(-c3cccc(NCC(O)CO)c3)n2)c1. The average Bonchev–Trinajstić information content (AvgIpc) is 3.10. The lowest BCUT2D eigenvalue weighted by atomic mass is 10.1. The van der Waals surface area contributed by atoms with Crippen LogP contribution in [0.3, 0.4) is 0 Å². The first-order chi connectivity index (χ1) is 11.7. The monoisotopic (exact) mass is 325 g/mol. The van der Waals surface area contributed by atoms with Crippen LogP contribution in [-0.2, 0) is 0 Å². The molecule has 0 aliphatic heterocycles. The molecule has 0 radical (unpaired) electrons. The Morgan fingerprint density at radius 1 is 1.12 bits per heavy atom. The van der Waals surface area contributed by atoms with Gasteiger partial charge in [0.2, 0.25) is 5.82 Å². The fourth-order valence-corrected chi connectivity index (χ4v) is 2.30. The number of anilines is 1. The van der Waals surface area contributed by atoms with E-state index in [1.807, 2.05) is 55.5 Å². The standard InChI is InChI=1S/C18H19N3O3/c1-12-4-2-5-13(8-12)17-20-18(24-21-17)14-6-3-7-15(9-14)19-10-16(23)11-22/h2-9,16,19,22-23H,10-11H2,1H3. The summed E-state index contributed by atoms with van der Waals surface area (Å²) >= 11 is 0. The van der Waals surface area contributed by atoms with Gasteiger partial charge in [0.15, 0.2) is 0 Å². The third-order valence-corrected chi connectivity index (χ3v) is 3.56. The fourth-order valence-electron chi connectivity index (χ4n) is 2.30. The fraction of sp³-hybridized carbons (Fsp3) is 0.222. The number of nitrogens with one attached hydrogen (secondary N) is 1. The van der Waals surface area contributed by atoms with Gasteiger partial charge in [0.25, 0.3) is 5.89 Å². The maximum Gasteiger partial charge on any atom is 0.258 e. The van der Waals surface area contributed by atoms with Gasteiger partial charge in [-0.1, -0.05) is 35.0 Å². The summed E-state index contributed by atoms with van der Waals surface area (Å²) in [5.41, 5.74) is 3.62. The topological polar surface area (TPSA) is 91.4 Å². The molecule has 124 valence electrons. The summed E-state index contributed by atoms with van der Waals surface area (Å²) in [6.07, 6.45) is -0.801. The minimum absolute atomic E-state index is 0.262. The van der Waals surface area contributed by atoms with E-state index in [9.17, 15) is 5.11 Å². The van der Waals surface area contributed by atoms with Crippen LogP contribution in [0.25, 0.3) is 22.8 Å². The third-order valence-electron chi connectivity index (χ3n) is 3.56. The molecule has 6 nitrogen and oxygen atoms in total. The first-order valence-electron chi connectivity index (χ1n) is 7.69. The van der Waals surface area contributed by atoms with Crippen LogP contribution in [0, 0.1) is 6.92 Å². The third kappa shape index (κ3) is 3.79. The zero-order valence-electron chi connectivity index (χ0n) is 13.3. The van der Waals surface area contributed by atoms with Gasteiger partial charge in [0.1, 0.15) is 0 Å². The van der Waals surface area contributed by atoms with E-state index in [0.717, 1.165) is 22.4 Å². The molecule has 0 amide bonds. The van der Waals surface area contributed by atoms with E-state index in [-0.39, 0.29) is 13.2 Å². The number of benzene rings is 2. The Morgan fingerprint density at radius 2 is 1.92 bits per heavy atom. The van der Waals surface area contributed by atoms with Crippen LogP contribution in [-0.4, -0.2) is 39.6 Å². The van der Waals surface area contributed by atoms with Crippen molar-refractivity contribution in [3.8, 4) is 22.8 Å². The van der Waals surface area contributed by atoms with Crippen LogP contribution >= 0.6 is 0 Å². The Hall–Kier alpha value is -2.70. The molecular formula is C18H19N3O3. The number of aryl methyl sites for hydroxylation is 1. The van der Waals surface area contributed by atoms with Crippen LogP contribution in [0.1, 0.15) is 5.56 Å². The lowest BCUT2D eigenvalue weighted by molar-refractivity contribution is 0.105. The Balaban J connectivity index is 1.80. The van der Waals surface area contributed by atoms with Crippen LogP contribution in [0.4, 0.5) is 5.69 Å². The molecule has 24 heavy (non-hydrogen) atoms. The maximum atomic E-state index is 9.40. The highest BCUT2D eigenvalue weighted by Gasteiger charge is 2.11. The molecule has 3 N–H and O–H groups in total. The molecule has 0 saturated carbocycles. The van der Waals surface area contributed by atoms with Gasteiger partial charge in [-0.25, -0.2) is 0 Å². The highest BCUT2D eigenvalue weighted by Crippen LogP contribution is 2.24. The smallest absolute Gasteiger partial charge is 0.258 e. The van der Waals surface area contributed by atoms with Crippen molar-refractivity contribution in [1.82, 2.24) is 10.1 Å². The van der Waals surface area contributed by atoms with Gasteiger partial charge in [-0.15, -0.1) is 0 Å². The van der Waals surface area contributed by atoms with Gasteiger partial charge in [0.05, 0.1) is 12.7 Å². The van der Waals surface area contributed by atoms with E-state index in [0.29, 0.717) is 11.7 Å². The van der Waals surface area contributed by atoms with Crippen molar-refractivity contribution in [3.63, 3.8) is 0 Å². The van der Waals surface area contributed by atoms with E-state index in [1.165, 1.54) is 0 Å². The largest absolute Gasteiger partial charge is 0.394 e. The number of aliphatic hydroxyl groups excluding tert-OH is 2. The van der Waals surface area contributed by atoms with E-state index in [2.05, 4.69) is 15.5 Å². The zero-order chi connectivity index (χ0) is 16.9. The zero-order valence-corrected chi connectivity index (χ0v) is 13.3. The summed E-state index contributed by atoms with van der Waals surface area (Å²) in [4.78, 5) is 4.45. The summed E-state index contributed by atoms with van der Waals surface area (Å²) in [6.45, 7) is 2.00. The number of rotatable bonds is 6. The molecule has 0 aliphatic rings. The van der Waals surface area contributed by atoms with Crippen LogP contribution < -0.4 is 5.32 Å². The lowest BCUT2D eigenvalue weighted by Crippen LogP contribution is -2.22. The van der Waals surface area contributed by atoms with Gasteiger partial charge in [-0.3, -0.25) is 0 Å². The average molecular weight is 325 g/mol. The summed E-state index contributed by atoms with van der Waals surface area (Å²) in [5, 5.41) is 25.3. The Labute approximate surface area is 139 Å². The molecule has 0 saturated heterocycles. The number of aromatic nitrogens is 2. The second kappa shape index (κ2) is 7.25. The number of aliphatic hydroxyl groups is 2. The van der Waals surface area contributed by atoms with Crippen LogP contribution in [0.2, 0.25) is 0 Å². The molecule has 1 heterocycles. The second-order valence-electron chi connectivity index (χ2n) is 5.59. The highest BCUT2D eigenvalue weighted by atomic mass is 16.5. The normalized spacial score (nSPS) is 12.1. The number of nitrogens with zero attached hydrogens (tertiary/aromatic N) is 2. The molecule has 1 atom stereocenters. The molecule has 0 aliphatic carbocycles. The molecule has 2 aromatic carbocycles. The van der Waals surface area contributed by atoms with E-state index < -0.39 is 6.10 Å². The van der Waals surface area contributed by atoms with Gasteiger partial charge < -0.3 is 20.1 Å². The molecule has 3 rings (SSSR count). The van der Waals surface area contributed by atoms with Crippen molar-refractivity contribution in [3.05, 3.63) is 54.1 Å². The molecular weight excluding hydrogens is 306 g/mol. The van der Waals surface area contributed by atoms with Crippen molar-refractivity contribution in [2.45, 2.75) is 13.0 Å². The molecule has 3 aromatic rings. The first kappa shape index (κ1) is 16.2. The minimum atomic E-state index is -0.801. The van der Waals surface area contributed by atoms with Crippen LogP contribution in [0.5, 0.6) is 0 Å². The van der Waals surface area contributed by atoms with Crippen molar-refractivity contribution >= 4 is 5.69 Å². The predicted octanol–water partition coefficient (Wildman–Crippen LogP) is 2.48.